The number of nitrogens with zero attached hydrogens (tertiary/aromatic N) is 6. The largest absolute Gasteiger partial charge is 0.395 e. The molecule has 0 heterocycles. The molecule has 0 fully saturated rings. The van der Waals surface area contributed by atoms with Crippen LogP contribution < -0.4 is 14.7 Å². The summed E-state index contributed by atoms with van der Waals surface area (Å²) in [5, 5.41) is 93.9. The smallest absolute Gasteiger partial charge is 0.330 e. The molecule has 0 bridgehead atoms. The normalized spacial score (nSPS) is 10.8. The summed E-state index contributed by atoms with van der Waals surface area (Å²) in [5.41, 5.74) is -5.67. The number of aliphatic hydroxyl groups is 6. The van der Waals surface area contributed by atoms with Crippen molar-refractivity contribution in [2.75, 3.05) is 93.6 Å². The fourth-order valence-electron chi connectivity index (χ4n) is 3.82. The number of nitro benzene ring substituents is 3. The van der Waals surface area contributed by atoms with Gasteiger partial charge in [0.1, 0.15) is 0 Å². The van der Waals surface area contributed by atoms with Crippen LogP contribution in [0.2, 0.25) is 0 Å². The van der Waals surface area contributed by atoms with Crippen molar-refractivity contribution in [3.63, 3.8) is 0 Å². The third-order valence-electron chi connectivity index (χ3n) is 5.06. The van der Waals surface area contributed by atoms with Crippen molar-refractivity contribution < 1.29 is 45.4 Å². The Morgan fingerprint density at radius 2 is 0.611 bits per heavy atom. The van der Waals surface area contributed by atoms with E-state index in [1.807, 2.05) is 0 Å². The fourth-order valence-corrected chi connectivity index (χ4v) is 3.82. The van der Waals surface area contributed by atoms with E-state index in [2.05, 4.69) is 0 Å². The molecule has 0 atom stereocenters. The average molecular weight is 522 g/mol. The Bertz CT molecular complexity index is 764. The Labute approximate surface area is 204 Å². The van der Waals surface area contributed by atoms with E-state index in [9.17, 15) is 61.0 Å². The van der Waals surface area contributed by atoms with Crippen LogP contribution in [-0.4, -0.2) is 124 Å². The maximum atomic E-state index is 12.3. The second kappa shape index (κ2) is 14.9. The van der Waals surface area contributed by atoms with E-state index in [4.69, 9.17) is 0 Å². The molecule has 0 radical (unpaired) electrons. The maximum absolute atomic E-state index is 12.3. The molecule has 18 nitrogen and oxygen atoms in total. The standard InChI is InChI=1S/C18H30N6O12/c25-7-1-19(2-8-26)13-16(22(31)32)14(20(3-9-27)4-10-28)18(24(35)36)15(17(13)23(33)34)21(5-11-29)6-12-30/h25-30H,1-12H2. The summed E-state index contributed by atoms with van der Waals surface area (Å²) in [7, 11) is 0. The predicted molar refractivity (Wildman–Crippen MR) is 126 cm³/mol. The van der Waals surface area contributed by atoms with Crippen LogP contribution in [0.25, 0.3) is 0 Å². The number of hydrogen-bond acceptors (Lipinski definition) is 15. The molecule has 0 saturated carbocycles. The SMILES string of the molecule is O=[N+]([O-])c1c(N(CCO)CCO)c([N+](=O)[O-])c(N(CCO)CCO)c([N+](=O)[O-])c1N(CCO)CCO. The molecule has 6 N–H and O–H groups in total. The summed E-state index contributed by atoms with van der Waals surface area (Å²) < 4.78 is 0. The number of aliphatic hydroxyl groups excluding tert-OH is 6. The maximum Gasteiger partial charge on any atom is 0.330 e. The van der Waals surface area contributed by atoms with Gasteiger partial charge in [0.05, 0.1) is 54.4 Å². The van der Waals surface area contributed by atoms with E-state index in [1.54, 1.807) is 0 Å². The molecule has 1 rings (SSSR count). The quantitative estimate of drug-likeness (QED) is 0.0881. The Morgan fingerprint density at radius 3 is 0.722 bits per heavy atom. The lowest BCUT2D eigenvalue weighted by Crippen LogP contribution is -2.36. The van der Waals surface area contributed by atoms with Gasteiger partial charge in [-0.25, -0.2) is 0 Å². The molecular formula is C18H30N6O12. The first kappa shape index (κ1) is 30.6. The second-order valence-corrected chi connectivity index (χ2v) is 7.17. The molecule has 18 heteroatoms. The summed E-state index contributed by atoms with van der Waals surface area (Å²) in [6.45, 7) is -6.65. The predicted octanol–water partition coefficient (Wildman–Crippen LogP) is -2.22. The van der Waals surface area contributed by atoms with Crippen molar-refractivity contribution in [2.24, 2.45) is 0 Å². The van der Waals surface area contributed by atoms with Crippen LogP contribution in [0.15, 0.2) is 0 Å². The lowest BCUT2D eigenvalue weighted by atomic mass is 10.0. The highest BCUT2D eigenvalue weighted by Gasteiger charge is 2.47. The van der Waals surface area contributed by atoms with Crippen molar-refractivity contribution >= 4 is 34.1 Å². The number of rotatable bonds is 18. The highest BCUT2D eigenvalue weighted by molar-refractivity contribution is 6.01. The van der Waals surface area contributed by atoms with E-state index in [1.165, 1.54) is 0 Å². The second-order valence-electron chi connectivity index (χ2n) is 7.17. The van der Waals surface area contributed by atoms with Crippen LogP contribution >= 0.6 is 0 Å². The molecule has 1 aromatic rings. The van der Waals surface area contributed by atoms with Gasteiger partial charge in [0.2, 0.25) is 0 Å². The molecule has 1 aromatic carbocycles. The zero-order chi connectivity index (χ0) is 27.4. The van der Waals surface area contributed by atoms with Crippen LogP contribution in [0.3, 0.4) is 0 Å². The van der Waals surface area contributed by atoms with Crippen molar-refractivity contribution in [3.05, 3.63) is 30.3 Å². The molecule has 0 unspecified atom stereocenters. The molecule has 36 heavy (non-hydrogen) atoms. The van der Waals surface area contributed by atoms with Crippen LogP contribution in [-0.2, 0) is 0 Å². The van der Waals surface area contributed by atoms with Crippen LogP contribution in [0.1, 0.15) is 0 Å². The molecule has 0 aliphatic heterocycles. The van der Waals surface area contributed by atoms with Crippen molar-refractivity contribution in [2.45, 2.75) is 0 Å². The van der Waals surface area contributed by atoms with Crippen LogP contribution in [0.5, 0.6) is 0 Å². The van der Waals surface area contributed by atoms with Crippen LogP contribution in [0, 0.1) is 30.3 Å². The lowest BCUT2D eigenvalue weighted by molar-refractivity contribution is -0.400. The van der Waals surface area contributed by atoms with Gasteiger partial charge < -0.3 is 45.3 Å². The van der Waals surface area contributed by atoms with E-state index >= 15 is 0 Å². The van der Waals surface area contributed by atoms with E-state index < -0.39 is 128 Å². The molecule has 0 amide bonds. The van der Waals surface area contributed by atoms with Gasteiger partial charge >= 0.3 is 17.1 Å². The van der Waals surface area contributed by atoms with Crippen LogP contribution in [0.4, 0.5) is 34.1 Å². The van der Waals surface area contributed by atoms with Gasteiger partial charge in [-0.15, -0.1) is 0 Å². The zero-order valence-electron chi connectivity index (χ0n) is 19.3. The first-order valence-corrected chi connectivity index (χ1v) is 10.7. The van der Waals surface area contributed by atoms with Gasteiger partial charge in [0.25, 0.3) is 0 Å². The van der Waals surface area contributed by atoms with E-state index in [-0.39, 0.29) is 0 Å². The fraction of sp³-hybridized carbons (Fsp3) is 0.667. The summed E-state index contributed by atoms with van der Waals surface area (Å²) in [4.78, 5) is 36.4. The number of hydrogen-bond donors (Lipinski definition) is 6. The molecule has 0 saturated heterocycles. The summed E-state index contributed by atoms with van der Waals surface area (Å²) in [6.07, 6.45) is 0. The van der Waals surface area contributed by atoms with Gasteiger partial charge in [-0.3, -0.25) is 30.3 Å². The summed E-state index contributed by atoms with van der Waals surface area (Å²) >= 11 is 0. The number of benzene rings is 1. The van der Waals surface area contributed by atoms with Gasteiger partial charge in [0, 0.05) is 39.3 Å². The third kappa shape index (κ3) is 6.83. The molecule has 0 aliphatic carbocycles. The first-order chi connectivity index (χ1) is 17.2. The zero-order valence-corrected chi connectivity index (χ0v) is 19.3. The molecule has 0 aliphatic rings. The number of nitro groups is 3. The number of anilines is 3. The van der Waals surface area contributed by atoms with E-state index in [0.29, 0.717) is 0 Å². The van der Waals surface area contributed by atoms with Gasteiger partial charge in [-0.05, 0) is 0 Å². The average Bonchev–Trinajstić information content (AvgIpc) is 2.81. The Balaban J connectivity index is 4.56. The highest BCUT2D eigenvalue weighted by atomic mass is 16.6. The van der Waals surface area contributed by atoms with Gasteiger partial charge in [-0.2, -0.15) is 0 Å². The van der Waals surface area contributed by atoms with Gasteiger partial charge in [0.15, 0.2) is 17.1 Å². The van der Waals surface area contributed by atoms with E-state index in [0.717, 1.165) is 14.7 Å². The monoisotopic (exact) mass is 522 g/mol. The Hall–Kier alpha value is -3.42. The topological polar surface area (TPSA) is 261 Å². The lowest BCUT2D eigenvalue weighted by Gasteiger charge is -2.30. The Morgan fingerprint density at radius 1 is 0.444 bits per heavy atom. The molecular weight excluding hydrogens is 492 g/mol. The molecule has 204 valence electrons. The Kier molecular flexibility index (Phi) is 12.6. The summed E-state index contributed by atoms with van der Waals surface area (Å²) in [5.74, 6) is 0. The minimum Gasteiger partial charge on any atom is -0.395 e. The van der Waals surface area contributed by atoms with Crippen molar-refractivity contribution in [1.82, 2.24) is 0 Å². The van der Waals surface area contributed by atoms with Crippen molar-refractivity contribution in [3.8, 4) is 0 Å². The van der Waals surface area contributed by atoms with Gasteiger partial charge in [-0.1, -0.05) is 0 Å². The van der Waals surface area contributed by atoms with Crippen molar-refractivity contribution in [1.29, 1.82) is 0 Å². The molecule has 0 aromatic heterocycles. The summed E-state index contributed by atoms with van der Waals surface area (Å²) in [6, 6.07) is 0. The molecule has 0 spiro atoms. The third-order valence-corrected chi connectivity index (χ3v) is 5.06. The highest BCUT2D eigenvalue weighted by Crippen LogP contribution is 2.56. The minimum atomic E-state index is -1.12. The first-order valence-electron chi connectivity index (χ1n) is 10.7. The minimum absolute atomic E-state index is 0.446.